The first-order valence-corrected chi connectivity index (χ1v) is 12.1. The summed E-state index contributed by atoms with van der Waals surface area (Å²) in [7, 11) is -4.16. The number of benzene rings is 2. The maximum absolute atomic E-state index is 13.5. The largest absolute Gasteiger partial charge is 0.314 e. The third kappa shape index (κ3) is 1.27. The van der Waals surface area contributed by atoms with Crippen molar-refractivity contribution < 1.29 is 4.57 Å². The van der Waals surface area contributed by atoms with Gasteiger partial charge < -0.3 is 4.57 Å². The first kappa shape index (κ1) is 12.4. The standard InChI is InChI=1S/C17H17OPSi/c1-19(18)14-10-6-4-8-12(14)17-16(19)13-9-5-7-11-15(13)20(17,2)3/h4-11H,1-3H3/t19-/m1/s1. The molecule has 2 aliphatic rings. The predicted molar refractivity (Wildman–Crippen MR) is 90.0 cm³/mol. The molecule has 20 heavy (non-hydrogen) atoms. The normalized spacial score (nSPS) is 25.4. The summed E-state index contributed by atoms with van der Waals surface area (Å²) < 4.78 is 13.5. The molecular formula is C17H17OPSi. The van der Waals surface area contributed by atoms with E-state index in [0.717, 1.165) is 10.6 Å². The van der Waals surface area contributed by atoms with Gasteiger partial charge >= 0.3 is 0 Å². The van der Waals surface area contributed by atoms with E-state index in [2.05, 4.69) is 55.6 Å². The number of hydrogen-bond acceptors (Lipinski definition) is 1. The number of fused-ring (bicyclic) bond motifs is 4. The van der Waals surface area contributed by atoms with E-state index in [1.165, 1.54) is 21.5 Å². The van der Waals surface area contributed by atoms with Gasteiger partial charge in [0.05, 0.1) is 0 Å². The summed E-state index contributed by atoms with van der Waals surface area (Å²) in [5, 5.41) is 5.09. The van der Waals surface area contributed by atoms with Gasteiger partial charge in [-0.05, 0) is 28.2 Å². The summed E-state index contributed by atoms with van der Waals surface area (Å²) >= 11 is 0. The molecule has 1 atom stereocenters. The molecule has 0 fully saturated rings. The molecule has 0 saturated carbocycles. The Morgan fingerprint density at radius 3 is 2.25 bits per heavy atom. The highest BCUT2D eigenvalue weighted by Crippen LogP contribution is 2.66. The Morgan fingerprint density at radius 2 is 1.50 bits per heavy atom. The molecule has 2 aromatic rings. The molecule has 4 rings (SSSR count). The molecule has 2 aliphatic heterocycles. The van der Waals surface area contributed by atoms with Crippen LogP contribution in [0.5, 0.6) is 0 Å². The van der Waals surface area contributed by atoms with Gasteiger partial charge in [0.1, 0.15) is 15.2 Å². The number of rotatable bonds is 0. The predicted octanol–water partition coefficient (Wildman–Crippen LogP) is 3.65. The van der Waals surface area contributed by atoms with Crippen molar-refractivity contribution in [3.63, 3.8) is 0 Å². The lowest BCUT2D eigenvalue weighted by Crippen LogP contribution is -2.41. The quantitative estimate of drug-likeness (QED) is 0.536. The minimum atomic E-state index is -2.43. The van der Waals surface area contributed by atoms with Crippen molar-refractivity contribution >= 4 is 36.2 Å². The first-order chi connectivity index (χ1) is 9.45. The Kier molecular flexibility index (Phi) is 2.25. The van der Waals surface area contributed by atoms with Gasteiger partial charge in [-0.15, -0.1) is 0 Å². The summed E-state index contributed by atoms with van der Waals surface area (Å²) in [6, 6.07) is 16.9. The maximum Gasteiger partial charge on any atom is 0.141 e. The fraction of sp³-hybridized carbons (Fsp3) is 0.176. The van der Waals surface area contributed by atoms with Gasteiger partial charge in [0, 0.05) is 10.6 Å². The highest BCUT2D eigenvalue weighted by atomic mass is 31.2. The van der Waals surface area contributed by atoms with Crippen molar-refractivity contribution in [3.8, 4) is 0 Å². The second-order valence-electron chi connectivity index (χ2n) is 6.34. The van der Waals surface area contributed by atoms with Crippen LogP contribution in [0.25, 0.3) is 10.5 Å². The van der Waals surface area contributed by atoms with Crippen molar-refractivity contribution in [2.75, 3.05) is 6.66 Å². The molecular weight excluding hydrogens is 279 g/mol. The van der Waals surface area contributed by atoms with Crippen molar-refractivity contribution in [2.45, 2.75) is 13.1 Å². The Balaban J connectivity index is 2.16. The highest BCUT2D eigenvalue weighted by Gasteiger charge is 2.50. The average molecular weight is 296 g/mol. The van der Waals surface area contributed by atoms with Crippen molar-refractivity contribution in [1.29, 1.82) is 0 Å². The van der Waals surface area contributed by atoms with Crippen LogP contribution in [-0.2, 0) is 4.57 Å². The molecule has 0 amide bonds. The van der Waals surface area contributed by atoms with Crippen molar-refractivity contribution in [1.82, 2.24) is 0 Å². The molecule has 0 N–H and O–H groups in total. The van der Waals surface area contributed by atoms with E-state index in [4.69, 9.17) is 0 Å². The average Bonchev–Trinajstić information content (AvgIpc) is 2.82. The van der Waals surface area contributed by atoms with E-state index in [1.807, 2.05) is 12.7 Å². The topological polar surface area (TPSA) is 17.1 Å². The van der Waals surface area contributed by atoms with Crippen LogP contribution in [0.4, 0.5) is 0 Å². The zero-order valence-electron chi connectivity index (χ0n) is 12.0. The van der Waals surface area contributed by atoms with Gasteiger partial charge in [-0.25, -0.2) is 0 Å². The summed E-state index contributed by atoms with van der Waals surface area (Å²) in [6.45, 7) is 6.72. The van der Waals surface area contributed by atoms with E-state index in [0.29, 0.717) is 0 Å². The summed E-state index contributed by atoms with van der Waals surface area (Å²) in [5.74, 6) is 0. The Labute approximate surface area is 120 Å². The monoisotopic (exact) mass is 296 g/mol. The Bertz CT molecular complexity index is 832. The van der Waals surface area contributed by atoms with E-state index < -0.39 is 15.2 Å². The third-order valence-electron chi connectivity index (χ3n) is 4.78. The summed E-state index contributed by atoms with van der Waals surface area (Å²) in [4.78, 5) is 0. The minimum Gasteiger partial charge on any atom is -0.314 e. The van der Waals surface area contributed by atoms with Gasteiger partial charge in [0.15, 0.2) is 0 Å². The fourth-order valence-electron chi connectivity index (χ4n) is 3.88. The lowest BCUT2D eigenvalue weighted by atomic mass is 10.1. The highest BCUT2D eigenvalue weighted by molar-refractivity contribution is 7.82. The van der Waals surface area contributed by atoms with Crippen LogP contribution in [0.1, 0.15) is 11.1 Å². The van der Waals surface area contributed by atoms with Crippen LogP contribution in [-0.4, -0.2) is 14.7 Å². The zero-order chi connectivity index (χ0) is 14.1. The fourth-order valence-corrected chi connectivity index (χ4v) is 11.3. The van der Waals surface area contributed by atoms with E-state index in [1.54, 1.807) is 0 Å². The molecule has 100 valence electrons. The summed E-state index contributed by atoms with van der Waals surface area (Å²) in [5.41, 5.74) is 2.50. The summed E-state index contributed by atoms with van der Waals surface area (Å²) in [6.07, 6.45) is 0. The van der Waals surface area contributed by atoms with Crippen molar-refractivity contribution in [2.24, 2.45) is 0 Å². The third-order valence-corrected chi connectivity index (χ3v) is 11.2. The number of hydrogen-bond donors (Lipinski definition) is 0. The molecule has 0 aliphatic carbocycles. The first-order valence-electron chi connectivity index (χ1n) is 6.98. The lowest BCUT2D eigenvalue weighted by molar-refractivity contribution is 0.591. The smallest absolute Gasteiger partial charge is 0.141 e. The zero-order valence-corrected chi connectivity index (χ0v) is 13.9. The van der Waals surface area contributed by atoms with Gasteiger partial charge in [-0.3, -0.25) is 0 Å². The van der Waals surface area contributed by atoms with Crippen LogP contribution < -0.4 is 10.5 Å². The van der Waals surface area contributed by atoms with E-state index in [9.17, 15) is 4.57 Å². The maximum atomic E-state index is 13.5. The van der Waals surface area contributed by atoms with Gasteiger partial charge in [0.2, 0.25) is 0 Å². The molecule has 0 spiro atoms. The molecule has 0 bridgehead atoms. The minimum absolute atomic E-state index is 1.07. The van der Waals surface area contributed by atoms with Gasteiger partial charge in [0.25, 0.3) is 0 Å². The van der Waals surface area contributed by atoms with Gasteiger partial charge in [-0.1, -0.05) is 61.6 Å². The molecule has 0 saturated heterocycles. The van der Waals surface area contributed by atoms with Crippen LogP contribution in [0.2, 0.25) is 13.1 Å². The molecule has 2 aromatic carbocycles. The molecule has 1 nitrogen and oxygen atoms in total. The van der Waals surface area contributed by atoms with Gasteiger partial charge in [-0.2, -0.15) is 0 Å². The van der Waals surface area contributed by atoms with Crippen LogP contribution in [0, 0.1) is 0 Å². The van der Waals surface area contributed by atoms with Crippen LogP contribution >= 0.6 is 7.14 Å². The molecule has 2 heterocycles. The lowest BCUT2D eigenvalue weighted by Gasteiger charge is -2.22. The molecule has 0 aromatic heterocycles. The molecule has 3 heteroatoms. The van der Waals surface area contributed by atoms with Crippen molar-refractivity contribution in [3.05, 3.63) is 59.7 Å². The second-order valence-corrected chi connectivity index (χ2v) is 13.4. The molecule has 0 unspecified atom stereocenters. The van der Waals surface area contributed by atoms with E-state index >= 15 is 0 Å². The van der Waals surface area contributed by atoms with Crippen LogP contribution in [0.15, 0.2) is 48.5 Å². The van der Waals surface area contributed by atoms with Crippen LogP contribution in [0.3, 0.4) is 0 Å². The molecule has 0 radical (unpaired) electrons. The Hall–Kier alpha value is -1.37. The Morgan fingerprint density at radius 1 is 0.900 bits per heavy atom. The van der Waals surface area contributed by atoms with E-state index in [-0.39, 0.29) is 0 Å². The second kappa shape index (κ2) is 3.63. The SMILES string of the molecule is C[Si]1(C)C2=C(c3ccccc31)[P@](C)(=O)c1ccccc12.